The number of nitrogens with one attached hydrogen (secondary N) is 1. The van der Waals surface area contributed by atoms with E-state index in [9.17, 15) is 0 Å². The van der Waals surface area contributed by atoms with E-state index in [4.69, 9.17) is 28.2 Å². The molecular formula is C28H37Cl2N7. The van der Waals surface area contributed by atoms with Crippen LogP contribution in [0.2, 0.25) is 10.0 Å². The highest BCUT2D eigenvalue weighted by atomic mass is 35.5. The van der Waals surface area contributed by atoms with Crippen LogP contribution >= 0.6 is 23.2 Å². The number of fused-ring (bicyclic) bond motifs is 1. The predicted molar refractivity (Wildman–Crippen MR) is 151 cm³/mol. The Bertz CT molecular complexity index is 1220. The molecule has 2 saturated heterocycles. The minimum atomic E-state index is -0.0349. The lowest BCUT2D eigenvalue weighted by Crippen LogP contribution is -2.45. The Kier molecular flexibility index (Phi) is 7.46. The molecule has 3 aliphatic rings. The molecule has 1 aromatic carbocycles. The van der Waals surface area contributed by atoms with Gasteiger partial charge < -0.3 is 15.1 Å². The van der Waals surface area contributed by atoms with Crippen molar-refractivity contribution < 1.29 is 0 Å². The zero-order valence-corrected chi connectivity index (χ0v) is 23.1. The van der Waals surface area contributed by atoms with Gasteiger partial charge in [0.1, 0.15) is 18.0 Å². The summed E-state index contributed by atoms with van der Waals surface area (Å²) >= 11 is 12.6. The van der Waals surface area contributed by atoms with Crippen molar-refractivity contribution in [2.24, 2.45) is 11.8 Å². The van der Waals surface area contributed by atoms with Crippen LogP contribution in [0.15, 0.2) is 30.6 Å². The van der Waals surface area contributed by atoms with Crippen LogP contribution in [0.3, 0.4) is 0 Å². The van der Waals surface area contributed by atoms with Crippen molar-refractivity contribution in [1.29, 1.82) is 0 Å². The van der Waals surface area contributed by atoms with Crippen molar-refractivity contribution in [2.75, 3.05) is 36.4 Å². The molecule has 6 rings (SSSR count). The van der Waals surface area contributed by atoms with Gasteiger partial charge in [-0.15, -0.1) is 0 Å². The van der Waals surface area contributed by atoms with Gasteiger partial charge in [-0.25, -0.2) is 0 Å². The minimum Gasteiger partial charge on any atom is -0.363 e. The summed E-state index contributed by atoms with van der Waals surface area (Å²) in [6.07, 6.45) is 12.5. The fourth-order valence-corrected chi connectivity index (χ4v) is 7.42. The van der Waals surface area contributed by atoms with E-state index < -0.39 is 0 Å². The number of hydrogen-bond donors (Lipinski definition) is 1. The second kappa shape index (κ2) is 11.0. The Morgan fingerprint density at radius 2 is 1.76 bits per heavy atom. The van der Waals surface area contributed by atoms with Crippen LogP contribution in [-0.2, 0) is 0 Å². The first kappa shape index (κ1) is 25.2. The number of hydrogen-bond acceptors (Lipinski definition) is 6. The van der Waals surface area contributed by atoms with Crippen LogP contribution in [0.1, 0.15) is 69.9 Å². The van der Waals surface area contributed by atoms with E-state index in [1.807, 2.05) is 12.1 Å². The zero-order valence-electron chi connectivity index (χ0n) is 21.6. The Morgan fingerprint density at radius 1 is 0.946 bits per heavy atom. The number of aromatic nitrogens is 4. The summed E-state index contributed by atoms with van der Waals surface area (Å²) in [7, 11) is 0. The lowest BCUT2D eigenvalue weighted by Gasteiger charge is -2.43. The molecule has 3 aromatic rings. The van der Waals surface area contributed by atoms with Crippen molar-refractivity contribution in [2.45, 2.75) is 70.4 Å². The lowest BCUT2D eigenvalue weighted by atomic mass is 9.79. The Hall–Kier alpha value is -2.09. The van der Waals surface area contributed by atoms with Crippen molar-refractivity contribution >= 4 is 40.6 Å². The molecule has 37 heavy (non-hydrogen) atoms. The average molecular weight is 543 g/mol. The first-order valence-electron chi connectivity index (χ1n) is 14.0. The SMILES string of the molecule is C[C@@H](Nc1cc(N2CCC([C@H]3CCCN(C4CCCC4)C3)CC2)nc2ncnn12)c1ccc(Cl)cc1Cl. The molecule has 0 radical (unpaired) electrons. The summed E-state index contributed by atoms with van der Waals surface area (Å²) in [5.74, 6) is 4.10. The van der Waals surface area contributed by atoms with Crippen LogP contribution in [0.25, 0.3) is 5.78 Å². The molecule has 1 N–H and O–H groups in total. The molecule has 2 aliphatic heterocycles. The number of benzene rings is 1. The third-order valence-corrected chi connectivity index (χ3v) is 9.45. The molecule has 0 unspecified atom stereocenters. The highest BCUT2D eigenvalue weighted by Crippen LogP contribution is 2.36. The van der Waals surface area contributed by atoms with Gasteiger partial charge in [-0.1, -0.05) is 42.1 Å². The number of anilines is 2. The molecule has 1 saturated carbocycles. The number of nitrogens with zero attached hydrogens (tertiary/aromatic N) is 6. The Labute approximate surface area is 229 Å². The lowest BCUT2D eigenvalue weighted by molar-refractivity contribution is 0.0875. The van der Waals surface area contributed by atoms with Crippen LogP contribution in [0.4, 0.5) is 11.6 Å². The first-order chi connectivity index (χ1) is 18.0. The van der Waals surface area contributed by atoms with Gasteiger partial charge in [-0.3, -0.25) is 0 Å². The summed E-state index contributed by atoms with van der Waals surface area (Å²) in [4.78, 5) is 14.5. The van der Waals surface area contributed by atoms with Gasteiger partial charge in [-0.2, -0.15) is 19.6 Å². The molecule has 7 nitrogen and oxygen atoms in total. The highest BCUT2D eigenvalue weighted by molar-refractivity contribution is 6.35. The molecule has 0 amide bonds. The molecule has 4 heterocycles. The maximum atomic E-state index is 6.48. The molecule has 0 bridgehead atoms. The summed E-state index contributed by atoms with van der Waals surface area (Å²) in [6.45, 7) is 6.80. The average Bonchev–Trinajstić information content (AvgIpc) is 3.61. The van der Waals surface area contributed by atoms with Crippen molar-refractivity contribution in [3.63, 3.8) is 0 Å². The minimum absolute atomic E-state index is 0.0349. The Morgan fingerprint density at radius 3 is 2.54 bits per heavy atom. The number of halogens is 2. The second-order valence-electron chi connectivity index (χ2n) is 11.2. The predicted octanol–water partition coefficient (Wildman–Crippen LogP) is 6.48. The van der Waals surface area contributed by atoms with E-state index in [0.29, 0.717) is 15.8 Å². The van der Waals surface area contributed by atoms with Gasteiger partial charge in [-0.05, 0) is 81.5 Å². The third-order valence-electron chi connectivity index (χ3n) is 8.89. The third kappa shape index (κ3) is 5.41. The second-order valence-corrected chi connectivity index (χ2v) is 12.0. The van der Waals surface area contributed by atoms with E-state index in [-0.39, 0.29) is 6.04 Å². The first-order valence-corrected chi connectivity index (χ1v) is 14.7. The number of likely N-dealkylation sites (tertiary alicyclic amines) is 1. The van der Waals surface area contributed by atoms with Crippen LogP contribution in [-0.4, -0.2) is 56.7 Å². The largest absolute Gasteiger partial charge is 0.363 e. The standard InChI is InChI=1S/C28H37Cl2N7/c1-19(24-9-8-22(29)15-25(24)30)33-27-16-26(34-28-31-18-32-37(27)28)35-13-10-20(11-14-35)21-5-4-12-36(17-21)23-6-2-3-7-23/h8-9,15-16,18-21,23,33H,2-7,10-14,17H2,1H3/t19-,21+/m1/s1. The summed E-state index contributed by atoms with van der Waals surface area (Å²) < 4.78 is 1.76. The molecule has 198 valence electrons. The van der Waals surface area contributed by atoms with Crippen molar-refractivity contribution in [1.82, 2.24) is 24.5 Å². The molecule has 3 fully saturated rings. The topological polar surface area (TPSA) is 61.6 Å². The molecule has 2 aromatic heterocycles. The van der Waals surface area contributed by atoms with E-state index in [1.165, 1.54) is 64.5 Å². The molecule has 0 spiro atoms. The summed E-state index contributed by atoms with van der Waals surface area (Å²) in [6, 6.07) is 8.54. The van der Waals surface area contributed by atoms with Crippen LogP contribution in [0, 0.1) is 11.8 Å². The maximum Gasteiger partial charge on any atom is 0.256 e. The van der Waals surface area contributed by atoms with Gasteiger partial charge in [0.25, 0.3) is 5.78 Å². The Balaban J connectivity index is 1.14. The highest BCUT2D eigenvalue weighted by Gasteiger charge is 2.33. The van der Waals surface area contributed by atoms with Crippen molar-refractivity contribution in [3.8, 4) is 0 Å². The van der Waals surface area contributed by atoms with E-state index in [0.717, 1.165) is 48.2 Å². The van der Waals surface area contributed by atoms with Crippen molar-refractivity contribution in [3.05, 3.63) is 46.2 Å². The van der Waals surface area contributed by atoms with E-state index in [2.05, 4.69) is 38.2 Å². The molecule has 2 atom stereocenters. The zero-order chi connectivity index (χ0) is 25.4. The van der Waals surface area contributed by atoms with E-state index in [1.54, 1.807) is 16.9 Å². The fraction of sp³-hybridized carbons (Fsp3) is 0.607. The normalized spacial score (nSPS) is 23.1. The van der Waals surface area contributed by atoms with Gasteiger partial charge >= 0.3 is 0 Å². The van der Waals surface area contributed by atoms with Gasteiger partial charge in [0.2, 0.25) is 0 Å². The van der Waals surface area contributed by atoms with E-state index >= 15 is 0 Å². The van der Waals surface area contributed by atoms with Gasteiger partial charge in [0, 0.05) is 41.8 Å². The van der Waals surface area contributed by atoms with Crippen LogP contribution < -0.4 is 10.2 Å². The molecule has 1 aliphatic carbocycles. The summed E-state index contributed by atoms with van der Waals surface area (Å²) in [5, 5.41) is 9.26. The molecular weight excluding hydrogens is 505 g/mol. The quantitative estimate of drug-likeness (QED) is 0.385. The fourth-order valence-electron chi connectivity index (χ4n) is 6.84. The number of piperidine rings is 2. The smallest absolute Gasteiger partial charge is 0.256 e. The van der Waals surface area contributed by atoms with Crippen LogP contribution in [0.5, 0.6) is 0 Å². The monoisotopic (exact) mass is 541 g/mol. The molecule has 9 heteroatoms. The maximum absolute atomic E-state index is 6.48. The number of rotatable bonds is 6. The van der Waals surface area contributed by atoms with Gasteiger partial charge in [0.05, 0.1) is 6.04 Å². The summed E-state index contributed by atoms with van der Waals surface area (Å²) in [5.41, 5.74) is 0.984. The van der Waals surface area contributed by atoms with Gasteiger partial charge in [0.15, 0.2) is 0 Å².